The molecule has 1 atom stereocenters. The zero-order valence-electron chi connectivity index (χ0n) is 11.7. The van der Waals surface area contributed by atoms with Crippen molar-refractivity contribution < 1.29 is 13.2 Å². The van der Waals surface area contributed by atoms with E-state index in [0.29, 0.717) is 12.0 Å². The maximum atomic E-state index is 12.8. The number of aromatic nitrogens is 2. The molecular weight excluding hydrogens is 299 g/mol. The second-order valence-corrected chi connectivity index (χ2v) is 5.52. The van der Waals surface area contributed by atoms with Gasteiger partial charge in [-0.1, -0.05) is 29.6 Å². The number of hydrogen-bond donors (Lipinski definition) is 1. The highest BCUT2D eigenvalue weighted by molar-refractivity contribution is 7.05. The topological polar surface area (TPSA) is 37.8 Å². The number of rotatable bonds is 5. The third-order valence-electron chi connectivity index (χ3n) is 3.15. The molecule has 0 radical (unpaired) electrons. The highest BCUT2D eigenvalue weighted by Crippen LogP contribution is 2.31. The molecule has 0 spiro atoms. The molecule has 0 aliphatic heterocycles. The Morgan fingerprint density at radius 3 is 2.67 bits per heavy atom. The van der Waals surface area contributed by atoms with Crippen molar-refractivity contribution in [2.75, 3.05) is 6.54 Å². The van der Waals surface area contributed by atoms with Crippen LogP contribution >= 0.6 is 11.5 Å². The van der Waals surface area contributed by atoms with Gasteiger partial charge in [0.15, 0.2) is 0 Å². The molecule has 1 aromatic carbocycles. The zero-order chi connectivity index (χ0) is 15.5. The lowest BCUT2D eigenvalue weighted by atomic mass is 10.0. The van der Waals surface area contributed by atoms with Crippen molar-refractivity contribution in [1.82, 2.24) is 14.9 Å². The van der Waals surface area contributed by atoms with E-state index in [-0.39, 0.29) is 6.04 Å². The van der Waals surface area contributed by atoms with E-state index in [4.69, 9.17) is 0 Å². The molecule has 0 saturated heterocycles. The molecule has 3 nitrogen and oxygen atoms in total. The van der Waals surface area contributed by atoms with E-state index in [1.165, 1.54) is 23.7 Å². The molecule has 0 aliphatic carbocycles. The van der Waals surface area contributed by atoms with Crippen molar-refractivity contribution in [3.05, 3.63) is 46.0 Å². The number of nitrogens with one attached hydrogen (secondary N) is 1. The number of nitrogens with zero attached hydrogens (tertiary/aromatic N) is 2. The molecule has 21 heavy (non-hydrogen) atoms. The SMILES string of the molecule is CCNC(Cc1cccc(C(F)(F)F)c1)c1snnc1C. The number of likely N-dealkylation sites (N-methyl/N-ethyl adjacent to an activating group) is 1. The summed E-state index contributed by atoms with van der Waals surface area (Å²) in [6.07, 6.45) is -3.84. The lowest BCUT2D eigenvalue weighted by Gasteiger charge is -2.17. The minimum Gasteiger partial charge on any atom is -0.309 e. The van der Waals surface area contributed by atoms with Crippen LogP contribution in [-0.2, 0) is 12.6 Å². The van der Waals surface area contributed by atoms with Gasteiger partial charge >= 0.3 is 6.18 Å². The predicted molar refractivity (Wildman–Crippen MR) is 76.2 cm³/mol. The summed E-state index contributed by atoms with van der Waals surface area (Å²) < 4.78 is 42.2. The summed E-state index contributed by atoms with van der Waals surface area (Å²) in [5, 5.41) is 7.25. The van der Waals surface area contributed by atoms with Crippen LogP contribution < -0.4 is 5.32 Å². The first-order chi connectivity index (χ1) is 9.91. The molecule has 7 heteroatoms. The number of halogens is 3. The number of aryl methyl sites for hydroxylation is 1. The Morgan fingerprint density at radius 1 is 1.33 bits per heavy atom. The van der Waals surface area contributed by atoms with Crippen LogP contribution in [0.2, 0.25) is 0 Å². The second-order valence-electron chi connectivity index (χ2n) is 4.74. The Hall–Kier alpha value is -1.47. The summed E-state index contributed by atoms with van der Waals surface area (Å²) in [6.45, 7) is 4.54. The van der Waals surface area contributed by atoms with Gasteiger partial charge in [-0.05, 0) is 43.1 Å². The van der Waals surface area contributed by atoms with E-state index in [2.05, 4.69) is 14.9 Å². The van der Waals surface area contributed by atoms with Gasteiger partial charge in [0.05, 0.1) is 16.1 Å². The first kappa shape index (κ1) is 15.9. The molecule has 0 aliphatic rings. The molecule has 2 aromatic rings. The normalized spacial score (nSPS) is 13.4. The molecule has 0 fully saturated rings. The average Bonchev–Trinajstić information content (AvgIpc) is 2.84. The van der Waals surface area contributed by atoms with Gasteiger partial charge in [0.2, 0.25) is 0 Å². The Labute approximate surface area is 125 Å². The van der Waals surface area contributed by atoms with E-state index in [0.717, 1.165) is 23.2 Å². The summed E-state index contributed by atoms with van der Waals surface area (Å²) in [6, 6.07) is 5.38. The molecule has 2 rings (SSSR count). The standard InChI is InChI=1S/C14H16F3N3S/c1-3-18-12(13-9(2)19-20-21-13)8-10-5-4-6-11(7-10)14(15,16)17/h4-7,12,18H,3,8H2,1-2H3. The Kier molecular flexibility index (Phi) is 4.95. The van der Waals surface area contributed by atoms with Crippen LogP contribution in [0.3, 0.4) is 0 Å². The minimum atomic E-state index is -4.31. The quantitative estimate of drug-likeness (QED) is 0.913. The first-order valence-electron chi connectivity index (χ1n) is 6.60. The van der Waals surface area contributed by atoms with Crippen LogP contribution in [0.1, 0.15) is 34.7 Å². The molecule has 1 heterocycles. The maximum Gasteiger partial charge on any atom is 0.416 e. The molecule has 1 aromatic heterocycles. The van der Waals surface area contributed by atoms with Gasteiger partial charge < -0.3 is 5.32 Å². The van der Waals surface area contributed by atoms with E-state index in [9.17, 15) is 13.2 Å². The minimum absolute atomic E-state index is 0.0708. The van der Waals surface area contributed by atoms with Crippen LogP contribution in [-0.4, -0.2) is 16.1 Å². The summed E-state index contributed by atoms with van der Waals surface area (Å²) in [5.41, 5.74) is 0.843. The van der Waals surface area contributed by atoms with Crippen LogP contribution in [0.5, 0.6) is 0 Å². The summed E-state index contributed by atoms with van der Waals surface area (Å²) in [5.74, 6) is 0. The van der Waals surface area contributed by atoms with Crippen molar-refractivity contribution in [2.24, 2.45) is 0 Å². The zero-order valence-corrected chi connectivity index (χ0v) is 12.6. The Bertz CT molecular complexity index is 595. The number of hydrogen-bond acceptors (Lipinski definition) is 4. The molecule has 0 amide bonds. The number of benzene rings is 1. The average molecular weight is 315 g/mol. The highest BCUT2D eigenvalue weighted by Gasteiger charge is 2.30. The second kappa shape index (κ2) is 6.53. The van der Waals surface area contributed by atoms with Gasteiger partial charge in [-0.15, -0.1) is 5.10 Å². The lowest BCUT2D eigenvalue weighted by Crippen LogP contribution is -2.23. The lowest BCUT2D eigenvalue weighted by molar-refractivity contribution is -0.137. The molecule has 0 bridgehead atoms. The van der Waals surface area contributed by atoms with E-state index >= 15 is 0 Å². The third kappa shape index (κ3) is 4.01. The van der Waals surface area contributed by atoms with Crippen molar-refractivity contribution in [3.63, 3.8) is 0 Å². The molecule has 1 unspecified atom stereocenters. The number of alkyl halides is 3. The fourth-order valence-electron chi connectivity index (χ4n) is 2.17. The summed E-state index contributed by atoms with van der Waals surface area (Å²) in [7, 11) is 0. The van der Waals surface area contributed by atoms with E-state index in [1.54, 1.807) is 6.07 Å². The Balaban J connectivity index is 2.24. The smallest absolute Gasteiger partial charge is 0.309 e. The van der Waals surface area contributed by atoms with Gasteiger partial charge in [0, 0.05) is 6.04 Å². The van der Waals surface area contributed by atoms with Gasteiger partial charge in [0.1, 0.15) is 0 Å². The van der Waals surface area contributed by atoms with Crippen molar-refractivity contribution in [3.8, 4) is 0 Å². The molecular formula is C14H16F3N3S. The van der Waals surface area contributed by atoms with Crippen LogP contribution in [0, 0.1) is 6.92 Å². The fourth-order valence-corrected chi connectivity index (χ4v) is 2.89. The predicted octanol–water partition coefficient (Wildman–Crippen LogP) is 3.76. The fraction of sp³-hybridized carbons (Fsp3) is 0.429. The maximum absolute atomic E-state index is 12.8. The summed E-state index contributed by atoms with van der Waals surface area (Å²) >= 11 is 1.28. The van der Waals surface area contributed by atoms with Gasteiger partial charge in [0.25, 0.3) is 0 Å². The van der Waals surface area contributed by atoms with Crippen molar-refractivity contribution >= 4 is 11.5 Å². The first-order valence-corrected chi connectivity index (χ1v) is 7.37. The van der Waals surface area contributed by atoms with E-state index in [1.807, 2.05) is 13.8 Å². The van der Waals surface area contributed by atoms with Gasteiger partial charge in [-0.2, -0.15) is 13.2 Å². The highest BCUT2D eigenvalue weighted by atomic mass is 32.1. The summed E-state index contributed by atoms with van der Waals surface area (Å²) in [4.78, 5) is 0.967. The molecule has 114 valence electrons. The van der Waals surface area contributed by atoms with Crippen LogP contribution in [0.25, 0.3) is 0 Å². The van der Waals surface area contributed by atoms with Crippen LogP contribution in [0.4, 0.5) is 13.2 Å². The Morgan fingerprint density at radius 2 is 2.10 bits per heavy atom. The molecule has 0 saturated carbocycles. The van der Waals surface area contributed by atoms with Crippen molar-refractivity contribution in [2.45, 2.75) is 32.5 Å². The monoisotopic (exact) mass is 315 g/mol. The van der Waals surface area contributed by atoms with Crippen molar-refractivity contribution in [1.29, 1.82) is 0 Å². The third-order valence-corrected chi connectivity index (χ3v) is 4.09. The van der Waals surface area contributed by atoms with Crippen LogP contribution in [0.15, 0.2) is 24.3 Å². The van der Waals surface area contributed by atoms with Gasteiger partial charge in [-0.25, -0.2) is 0 Å². The van der Waals surface area contributed by atoms with Gasteiger partial charge in [-0.3, -0.25) is 0 Å². The van der Waals surface area contributed by atoms with E-state index < -0.39 is 11.7 Å². The molecule has 1 N–H and O–H groups in total. The largest absolute Gasteiger partial charge is 0.416 e.